The number of aliphatic hydroxyl groups excluding tert-OH is 8. The molecule has 0 spiro atoms. The van der Waals surface area contributed by atoms with E-state index in [1.54, 1.807) is 0 Å². The number of aliphatic hydroxyl groups is 10. The van der Waals surface area contributed by atoms with Crippen molar-refractivity contribution in [2.24, 2.45) is 0 Å². The second kappa shape index (κ2) is 6.13. The quantitative estimate of drug-likeness (QED) is 0.228. The Morgan fingerprint density at radius 3 is 1.70 bits per heavy atom. The topological polar surface area (TPSA) is 212 Å². The van der Waals surface area contributed by atoms with Crippen molar-refractivity contribution < 1.29 is 55.8 Å². The van der Waals surface area contributed by atoms with Gasteiger partial charge in [-0.25, -0.2) is 0 Å². The first-order valence-corrected chi connectivity index (χ1v) is 7.01. The maximum absolute atomic E-state index is 10.6. The summed E-state index contributed by atoms with van der Waals surface area (Å²) in [5.41, 5.74) is -3.13. The molecule has 11 heteroatoms. The smallest absolute Gasteiger partial charge is 0.203 e. The van der Waals surface area contributed by atoms with E-state index in [4.69, 9.17) is 9.84 Å². The van der Waals surface area contributed by atoms with Crippen LogP contribution in [0.1, 0.15) is 6.42 Å². The van der Waals surface area contributed by atoms with Crippen molar-refractivity contribution in [1.29, 1.82) is 0 Å². The molecule has 1 aliphatic heterocycles. The highest BCUT2D eigenvalue weighted by molar-refractivity contribution is 5.16. The molecule has 2 rings (SSSR count). The molecule has 1 aliphatic carbocycles. The van der Waals surface area contributed by atoms with E-state index in [0.29, 0.717) is 0 Å². The van der Waals surface area contributed by atoms with Crippen molar-refractivity contribution in [3.05, 3.63) is 0 Å². The molecule has 1 saturated heterocycles. The molecule has 1 heterocycles. The maximum atomic E-state index is 10.6. The Morgan fingerprint density at radius 1 is 0.783 bits per heavy atom. The lowest BCUT2D eigenvalue weighted by molar-refractivity contribution is -0.415. The minimum Gasteiger partial charge on any atom is -0.394 e. The van der Waals surface area contributed by atoms with Gasteiger partial charge in [0.2, 0.25) is 5.79 Å². The lowest BCUT2D eigenvalue weighted by Crippen LogP contribution is -2.81. The fourth-order valence-corrected chi connectivity index (χ4v) is 3.16. The van der Waals surface area contributed by atoms with Gasteiger partial charge in [0.25, 0.3) is 0 Å². The fraction of sp³-hybridized carbons (Fsp3) is 1.00. The van der Waals surface area contributed by atoms with Crippen molar-refractivity contribution in [2.75, 3.05) is 6.61 Å². The van der Waals surface area contributed by atoms with Crippen LogP contribution in [0, 0.1) is 0 Å². The number of rotatable bonds is 2. The van der Waals surface area contributed by atoms with Gasteiger partial charge in [0.05, 0.1) is 12.7 Å². The van der Waals surface area contributed by atoms with E-state index in [2.05, 4.69) is 0 Å². The molecule has 0 radical (unpaired) electrons. The predicted molar refractivity (Wildman–Crippen MR) is 68.5 cm³/mol. The molecule has 23 heavy (non-hydrogen) atoms. The third kappa shape index (κ3) is 2.58. The van der Waals surface area contributed by atoms with Crippen molar-refractivity contribution in [1.82, 2.24) is 0 Å². The van der Waals surface area contributed by atoms with Gasteiger partial charge in [0.15, 0.2) is 5.60 Å². The SMILES string of the molecule is OC[C@H]1OC(O)(C2(O)[C@H](O)[C@H](O)C(O)[C@H](O)[C@H]2O)C[C@@H](O)[C@H]1O. The Bertz CT molecular complexity index is 417. The Kier molecular flexibility index (Phi) is 5.03. The lowest BCUT2D eigenvalue weighted by Gasteiger charge is -2.56. The molecule has 10 N–H and O–H groups in total. The zero-order chi connectivity index (χ0) is 17.7. The standard InChI is InChI=1S/C12H22O11/c13-2-4-5(15)3(14)1-11(21,23-4)12(22)9(19)7(17)6(16)8(18)10(12)20/h3-10,13-22H,1-2H2/t3-,4-,5-,6?,7-,8+,9-,10-,11?,12?/m1/s1. The summed E-state index contributed by atoms with van der Waals surface area (Å²) in [4.78, 5) is 0. The van der Waals surface area contributed by atoms with E-state index < -0.39 is 73.2 Å². The molecule has 2 fully saturated rings. The molecular formula is C12H22O11. The van der Waals surface area contributed by atoms with Gasteiger partial charge in [-0.05, 0) is 0 Å². The molecule has 0 bridgehead atoms. The van der Waals surface area contributed by atoms with Gasteiger partial charge >= 0.3 is 0 Å². The van der Waals surface area contributed by atoms with Crippen LogP contribution in [0.4, 0.5) is 0 Å². The highest BCUT2D eigenvalue weighted by Gasteiger charge is 2.69. The van der Waals surface area contributed by atoms with Crippen LogP contribution in [-0.2, 0) is 4.74 Å². The van der Waals surface area contributed by atoms with E-state index in [9.17, 15) is 46.0 Å². The van der Waals surface area contributed by atoms with Crippen molar-refractivity contribution >= 4 is 0 Å². The average molecular weight is 342 g/mol. The normalized spacial score (nSPS) is 58.2. The van der Waals surface area contributed by atoms with Crippen molar-refractivity contribution in [3.63, 3.8) is 0 Å². The van der Waals surface area contributed by atoms with Crippen LogP contribution in [0.15, 0.2) is 0 Å². The van der Waals surface area contributed by atoms with Gasteiger partial charge in [-0.15, -0.1) is 0 Å². The first kappa shape index (κ1) is 18.9. The highest BCUT2D eigenvalue weighted by Crippen LogP contribution is 2.44. The summed E-state index contributed by atoms with van der Waals surface area (Å²) in [6.45, 7) is -0.878. The number of ether oxygens (including phenoxy) is 1. The Balaban J connectivity index is 2.43. The van der Waals surface area contributed by atoms with Crippen LogP contribution in [0.2, 0.25) is 0 Å². The van der Waals surface area contributed by atoms with Gasteiger partial charge in [0, 0.05) is 6.42 Å². The highest BCUT2D eigenvalue weighted by atomic mass is 16.7. The van der Waals surface area contributed by atoms with Gasteiger partial charge in [-0.1, -0.05) is 0 Å². The molecule has 0 aromatic carbocycles. The lowest BCUT2D eigenvalue weighted by atomic mass is 9.68. The van der Waals surface area contributed by atoms with Crippen LogP contribution in [0.5, 0.6) is 0 Å². The van der Waals surface area contributed by atoms with Crippen LogP contribution in [0.25, 0.3) is 0 Å². The van der Waals surface area contributed by atoms with Crippen LogP contribution in [0.3, 0.4) is 0 Å². The van der Waals surface area contributed by atoms with Crippen molar-refractivity contribution in [2.45, 2.75) is 66.6 Å². The third-order valence-corrected chi connectivity index (χ3v) is 4.66. The minimum absolute atomic E-state index is 0.878. The second-order valence-electron chi connectivity index (χ2n) is 6.07. The number of hydrogen-bond acceptors (Lipinski definition) is 11. The maximum Gasteiger partial charge on any atom is 0.203 e. The van der Waals surface area contributed by atoms with Crippen molar-refractivity contribution in [3.8, 4) is 0 Å². The summed E-state index contributed by atoms with van der Waals surface area (Å²) in [5.74, 6) is -2.94. The molecule has 10 atom stereocenters. The number of hydrogen-bond donors (Lipinski definition) is 10. The average Bonchev–Trinajstić information content (AvgIpc) is 2.52. The Morgan fingerprint density at radius 2 is 1.26 bits per heavy atom. The summed E-state index contributed by atoms with van der Waals surface area (Å²) in [5, 5.41) is 98.6. The monoisotopic (exact) mass is 342 g/mol. The van der Waals surface area contributed by atoms with Gasteiger partial charge in [-0.2, -0.15) is 0 Å². The van der Waals surface area contributed by atoms with Gasteiger partial charge < -0.3 is 55.8 Å². The summed E-state index contributed by atoms with van der Waals surface area (Å²) in [6.07, 6.45) is -16.9. The fourth-order valence-electron chi connectivity index (χ4n) is 3.16. The van der Waals surface area contributed by atoms with E-state index in [-0.39, 0.29) is 0 Å². The second-order valence-corrected chi connectivity index (χ2v) is 6.07. The largest absolute Gasteiger partial charge is 0.394 e. The van der Waals surface area contributed by atoms with E-state index in [0.717, 1.165) is 0 Å². The van der Waals surface area contributed by atoms with Crippen LogP contribution in [-0.4, -0.2) is 118 Å². The summed E-state index contributed by atoms with van der Waals surface area (Å²) < 4.78 is 4.94. The molecule has 11 nitrogen and oxygen atoms in total. The first-order chi connectivity index (χ1) is 10.5. The zero-order valence-corrected chi connectivity index (χ0v) is 11.9. The minimum atomic E-state index is -3.13. The van der Waals surface area contributed by atoms with E-state index >= 15 is 0 Å². The summed E-state index contributed by atoms with van der Waals surface area (Å²) in [7, 11) is 0. The molecule has 2 aliphatic rings. The Hall–Kier alpha value is -0.440. The van der Waals surface area contributed by atoms with Gasteiger partial charge in [-0.3, -0.25) is 0 Å². The molecule has 0 amide bonds. The molecule has 0 aromatic rings. The molecule has 0 aromatic heterocycles. The molecule has 3 unspecified atom stereocenters. The van der Waals surface area contributed by atoms with Gasteiger partial charge in [0.1, 0.15) is 42.7 Å². The Labute approximate surface area is 130 Å². The van der Waals surface area contributed by atoms with Crippen LogP contribution < -0.4 is 0 Å². The molecule has 136 valence electrons. The van der Waals surface area contributed by atoms with Crippen LogP contribution >= 0.6 is 0 Å². The molecular weight excluding hydrogens is 320 g/mol. The third-order valence-electron chi connectivity index (χ3n) is 4.66. The van der Waals surface area contributed by atoms with E-state index in [1.165, 1.54) is 0 Å². The molecule has 1 saturated carbocycles. The summed E-state index contributed by atoms with van der Waals surface area (Å²) in [6, 6.07) is 0. The first-order valence-electron chi connectivity index (χ1n) is 7.01. The predicted octanol–water partition coefficient (Wildman–Crippen LogP) is -6.27. The van der Waals surface area contributed by atoms with E-state index in [1.807, 2.05) is 0 Å². The summed E-state index contributed by atoms with van der Waals surface area (Å²) >= 11 is 0. The zero-order valence-electron chi connectivity index (χ0n) is 11.9.